The number of aryl methyl sites for hydroxylation is 1. The van der Waals surface area contributed by atoms with Gasteiger partial charge in [0.25, 0.3) is 0 Å². The number of aliphatic hydroxyl groups excluding tert-OH is 1. The van der Waals surface area contributed by atoms with Gasteiger partial charge in [0, 0.05) is 0 Å². The Morgan fingerprint density at radius 3 is 2.39 bits per heavy atom. The first-order chi connectivity index (χ1) is 8.67. The zero-order valence-electron chi connectivity index (χ0n) is 10.6. The summed E-state index contributed by atoms with van der Waals surface area (Å²) in [6, 6.07) is 5.46. The lowest BCUT2D eigenvalue weighted by atomic mass is 10.0. The van der Waals surface area contributed by atoms with E-state index in [1.807, 2.05) is 23.8 Å². The zero-order valence-corrected chi connectivity index (χ0v) is 11.5. The van der Waals surface area contributed by atoms with E-state index in [0.717, 1.165) is 16.7 Å². The third-order valence-electron chi connectivity index (χ3n) is 2.91. The molecule has 0 radical (unpaired) electrons. The van der Waals surface area contributed by atoms with Crippen LogP contribution in [0.2, 0.25) is 0 Å². The van der Waals surface area contributed by atoms with E-state index in [9.17, 15) is 5.11 Å². The van der Waals surface area contributed by atoms with Gasteiger partial charge in [0.1, 0.15) is 6.10 Å². The van der Waals surface area contributed by atoms with Crippen LogP contribution in [-0.2, 0) is 0 Å². The van der Waals surface area contributed by atoms with Gasteiger partial charge in [0.05, 0.1) is 14.2 Å². The first-order valence-corrected chi connectivity index (χ1v) is 6.54. The fourth-order valence-electron chi connectivity index (χ4n) is 1.85. The van der Waals surface area contributed by atoms with E-state index in [-0.39, 0.29) is 0 Å². The molecule has 0 aliphatic carbocycles. The molecule has 1 heterocycles. The second-order valence-electron chi connectivity index (χ2n) is 4.03. The summed E-state index contributed by atoms with van der Waals surface area (Å²) in [4.78, 5) is 0. The van der Waals surface area contributed by atoms with E-state index in [4.69, 9.17) is 9.47 Å². The van der Waals surface area contributed by atoms with E-state index in [0.29, 0.717) is 11.5 Å². The minimum absolute atomic E-state index is 0.627. The van der Waals surface area contributed by atoms with Crippen molar-refractivity contribution in [2.45, 2.75) is 13.0 Å². The average molecular weight is 264 g/mol. The fraction of sp³-hybridized carbons (Fsp3) is 0.286. The highest BCUT2D eigenvalue weighted by atomic mass is 32.1. The highest BCUT2D eigenvalue weighted by molar-refractivity contribution is 7.08. The number of thiophene rings is 1. The number of methoxy groups -OCH3 is 2. The lowest BCUT2D eigenvalue weighted by Gasteiger charge is -2.14. The van der Waals surface area contributed by atoms with E-state index < -0.39 is 6.10 Å². The number of aliphatic hydroxyl groups is 1. The molecular formula is C14H16O3S. The fourth-order valence-corrected chi connectivity index (χ4v) is 2.72. The predicted molar refractivity (Wildman–Crippen MR) is 72.7 cm³/mol. The number of rotatable bonds is 4. The van der Waals surface area contributed by atoms with Crippen molar-refractivity contribution < 1.29 is 14.6 Å². The third kappa shape index (κ3) is 2.35. The van der Waals surface area contributed by atoms with Crippen molar-refractivity contribution in [1.82, 2.24) is 0 Å². The quantitative estimate of drug-likeness (QED) is 0.922. The van der Waals surface area contributed by atoms with Crippen LogP contribution in [0.3, 0.4) is 0 Å². The first kappa shape index (κ1) is 12.9. The van der Waals surface area contributed by atoms with Crippen LogP contribution >= 0.6 is 11.3 Å². The predicted octanol–water partition coefficient (Wildman–Crippen LogP) is 3.16. The van der Waals surface area contributed by atoms with E-state index in [1.54, 1.807) is 37.7 Å². The van der Waals surface area contributed by atoms with Crippen LogP contribution in [0.1, 0.15) is 22.8 Å². The summed E-state index contributed by atoms with van der Waals surface area (Å²) in [6.07, 6.45) is -0.629. The third-order valence-corrected chi connectivity index (χ3v) is 3.79. The first-order valence-electron chi connectivity index (χ1n) is 5.60. The molecule has 18 heavy (non-hydrogen) atoms. The van der Waals surface area contributed by atoms with Gasteiger partial charge in [0.15, 0.2) is 11.5 Å². The van der Waals surface area contributed by atoms with Crippen molar-refractivity contribution >= 4 is 11.3 Å². The molecule has 1 unspecified atom stereocenters. The Bertz CT molecular complexity index is 534. The Labute approximate surface area is 111 Å². The van der Waals surface area contributed by atoms with E-state index in [2.05, 4.69) is 0 Å². The summed E-state index contributed by atoms with van der Waals surface area (Å²) in [5.74, 6) is 1.29. The molecule has 1 atom stereocenters. The molecule has 2 rings (SSSR count). The maximum Gasteiger partial charge on any atom is 0.161 e. The maximum absolute atomic E-state index is 10.4. The summed E-state index contributed by atoms with van der Waals surface area (Å²) in [5.41, 5.74) is 2.84. The summed E-state index contributed by atoms with van der Waals surface area (Å²) >= 11 is 1.59. The monoisotopic (exact) mass is 264 g/mol. The second-order valence-corrected chi connectivity index (χ2v) is 4.77. The molecule has 0 saturated carbocycles. The summed E-state index contributed by atoms with van der Waals surface area (Å²) in [5, 5.41) is 14.4. The molecule has 1 aromatic carbocycles. The van der Waals surface area contributed by atoms with Crippen molar-refractivity contribution in [3.63, 3.8) is 0 Å². The van der Waals surface area contributed by atoms with Crippen LogP contribution in [0.5, 0.6) is 11.5 Å². The van der Waals surface area contributed by atoms with Crippen molar-refractivity contribution in [2.75, 3.05) is 14.2 Å². The minimum Gasteiger partial charge on any atom is -0.493 e. The molecule has 3 nitrogen and oxygen atoms in total. The van der Waals surface area contributed by atoms with Crippen LogP contribution in [0, 0.1) is 6.92 Å². The second kappa shape index (κ2) is 5.42. The molecule has 1 aromatic heterocycles. The molecule has 0 aliphatic heterocycles. The number of hydrogen-bond donors (Lipinski definition) is 1. The highest BCUT2D eigenvalue weighted by Crippen LogP contribution is 2.33. The zero-order chi connectivity index (χ0) is 13.1. The molecule has 2 aromatic rings. The van der Waals surface area contributed by atoms with Gasteiger partial charge in [-0.3, -0.25) is 0 Å². The molecule has 1 N–H and O–H groups in total. The average Bonchev–Trinajstić information content (AvgIpc) is 2.83. The highest BCUT2D eigenvalue weighted by Gasteiger charge is 2.15. The van der Waals surface area contributed by atoms with Gasteiger partial charge in [-0.2, -0.15) is 11.3 Å². The normalized spacial score (nSPS) is 12.2. The maximum atomic E-state index is 10.4. The van der Waals surface area contributed by atoms with Gasteiger partial charge in [-0.1, -0.05) is 6.07 Å². The van der Waals surface area contributed by atoms with Crippen LogP contribution in [0.15, 0.2) is 29.0 Å². The number of hydrogen-bond acceptors (Lipinski definition) is 4. The Morgan fingerprint density at radius 2 is 1.83 bits per heavy atom. The van der Waals surface area contributed by atoms with Gasteiger partial charge in [-0.25, -0.2) is 0 Å². The van der Waals surface area contributed by atoms with Crippen molar-refractivity contribution in [3.8, 4) is 11.5 Å². The lowest BCUT2D eigenvalue weighted by Crippen LogP contribution is -2.01. The van der Waals surface area contributed by atoms with Gasteiger partial charge < -0.3 is 14.6 Å². The number of benzene rings is 1. The van der Waals surface area contributed by atoms with Crippen LogP contribution in [0.4, 0.5) is 0 Å². The van der Waals surface area contributed by atoms with Gasteiger partial charge >= 0.3 is 0 Å². The van der Waals surface area contributed by atoms with Crippen LogP contribution < -0.4 is 9.47 Å². The Hall–Kier alpha value is -1.52. The topological polar surface area (TPSA) is 38.7 Å². The molecule has 0 aliphatic rings. The molecule has 96 valence electrons. The SMILES string of the molecule is COc1ccc(C(O)c2cscc2C)cc1OC. The molecule has 0 spiro atoms. The van der Waals surface area contributed by atoms with Crippen molar-refractivity contribution in [3.05, 3.63) is 45.6 Å². The van der Waals surface area contributed by atoms with Gasteiger partial charge in [0.2, 0.25) is 0 Å². The van der Waals surface area contributed by atoms with Gasteiger partial charge in [-0.05, 0) is 46.5 Å². The smallest absolute Gasteiger partial charge is 0.161 e. The largest absolute Gasteiger partial charge is 0.493 e. The summed E-state index contributed by atoms with van der Waals surface area (Å²) < 4.78 is 10.4. The Morgan fingerprint density at radius 1 is 1.11 bits per heavy atom. The van der Waals surface area contributed by atoms with Gasteiger partial charge in [-0.15, -0.1) is 0 Å². The minimum atomic E-state index is -0.629. The molecule has 0 saturated heterocycles. The lowest BCUT2D eigenvalue weighted by molar-refractivity contribution is 0.219. The molecule has 0 bridgehead atoms. The van der Waals surface area contributed by atoms with Crippen LogP contribution in [0.25, 0.3) is 0 Å². The molecular weight excluding hydrogens is 248 g/mol. The summed E-state index contributed by atoms with van der Waals surface area (Å²) in [7, 11) is 3.18. The number of ether oxygens (including phenoxy) is 2. The molecule has 4 heteroatoms. The van der Waals surface area contributed by atoms with Crippen LogP contribution in [-0.4, -0.2) is 19.3 Å². The molecule has 0 amide bonds. The Kier molecular flexibility index (Phi) is 3.89. The van der Waals surface area contributed by atoms with Crippen molar-refractivity contribution in [1.29, 1.82) is 0 Å². The standard InChI is InChI=1S/C14H16O3S/c1-9-7-18-8-11(9)14(15)10-4-5-12(16-2)13(6-10)17-3/h4-8,14-15H,1-3H3. The van der Waals surface area contributed by atoms with E-state index >= 15 is 0 Å². The van der Waals surface area contributed by atoms with E-state index in [1.165, 1.54) is 0 Å². The molecule has 0 fully saturated rings. The summed E-state index contributed by atoms with van der Waals surface area (Å²) in [6.45, 7) is 2.00. The van der Waals surface area contributed by atoms with Crippen molar-refractivity contribution in [2.24, 2.45) is 0 Å². The Balaban J connectivity index is 2.37.